The highest BCUT2D eigenvalue weighted by molar-refractivity contribution is 6.35. The molecule has 220 valence electrons. The number of nitrogens with one attached hydrogen (secondary N) is 2. The second-order valence-electron chi connectivity index (χ2n) is 11.3. The molecule has 8 nitrogen and oxygen atoms in total. The van der Waals surface area contributed by atoms with Gasteiger partial charge in [-0.2, -0.15) is 0 Å². The molecule has 41 heavy (non-hydrogen) atoms. The van der Waals surface area contributed by atoms with E-state index >= 15 is 0 Å². The molecular formula is C31H37Cl2N3O5. The van der Waals surface area contributed by atoms with E-state index in [-0.39, 0.29) is 36.6 Å². The summed E-state index contributed by atoms with van der Waals surface area (Å²) in [6.07, 6.45) is 6.90. The van der Waals surface area contributed by atoms with Crippen LogP contribution in [-0.2, 0) is 20.8 Å². The summed E-state index contributed by atoms with van der Waals surface area (Å²) in [5.74, 6) is -2.13. The van der Waals surface area contributed by atoms with Gasteiger partial charge in [-0.3, -0.25) is 19.2 Å². The van der Waals surface area contributed by atoms with Crippen molar-refractivity contribution in [2.45, 2.75) is 76.3 Å². The summed E-state index contributed by atoms with van der Waals surface area (Å²) in [6, 6.07) is 12.3. The van der Waals surface area contributed by atoms with Crippen LogP contribution in [0.2, 0.25) is 10.0 Å². The number of carbonyl (C=O) groups is 4. The first-order valence-electron chi connectivity index (χ1n) is 14.2. The Morgan fingerprint density at radius 2 is 1.54 bits per heavy atom. The lowest BCUT2D eigenvalue weighted by Crippen LogP contribution is -2.52. The quantitative estimate of drug-likeness (QED) is 0.325. The van der Waals surface area contributed by atoms with Crippen LogP contribution in [0.3, 0.4) is 0 Å². The number of benzene rings is 2. The predicted molar refractivity (Wildman–Crippen MR) is 158 cm³/mol. The highest BCUT2D eigenvalue weighted by Gasteiger charge is 2.39. The minimum Gasteiger partial charge on any atom is -0.481 e. The second kappa shape index (κ2) is 14.2. The van der Waals surface area contributed by atoms with E-state index < -0.39 is 24.0 Å². The van der Waals surface area contributed by atoms with Crippen molar-refractivity contribution in [2.75, 3.05) is 13.1 Å². The van der Waals surface area contributed by atoms with Crippen molar-refractivity contribution < 1.29 is 24.3 Å². The average Bonchev–Trinajstić information content (AvgIpc) is 3.38. The third-order valence-corrected chi connectivity index (χ3v) is 8.74. The molecule has 1 saturated carbocycles. The van der Waals surface area contributed by atoms with Gasteiger partial charge in [-0.1, -0.05) is 66.4 Å². The van der Waals surface area contributed by atoms with Crippen LogP contribution in [0.25, 0.3) is 0 Å². The summed E-state index contributed by atoms with van der Waals surface area (Å²) in [7, 11) is 0. The molecule has 0 aromatic heterocycles. The number of rotatable bonds is 11. The van der Waals surface area contributed by atoms with E-state index in [1.54, 1.807) is 4.90 Å². The van der Waals surface area contributed by atoms with Crippen LogP contribution < -0.4 is 10.6 Å². The molecule has 1 aliphatic carbocycles. The SMILES string of the molecule is O=C(O)C[C@H](Cc1ccccc1)NC(=O)CC[C@@H](NC(=O)c1cc(Cl)cc(Cl)c1)C(=O)N1CCC2(CCCC2)CC1. The maximum Gasteiger partial charge on any atom is 0.305 e. The number of amides is 3. The molecule has 2 aromatic carbocycles. The summed E-state index contributed by atoms with van der Waals surface area (Å²) < 4.78 is 0. The number of carboxylic acids is 1. The molecule has 2 aromatic rings. The number of nitrogens with zero attached hydrogens (tertiary/aromatic N) is 1. The second-order valence-corrected chi connectivity index (χ2v) is 12.2. The lowest BCUT2D eigenvalue weighted by atomic mass is 9.77. The Balaban J connectivity index is 1.42. The number of hydrogen-bond acceptors (Lipinski definition) is 4. The van der Waals surface area contributed by atoms with Gasteiger partial charge >= 0.3 is 5.97 Å². The maximum absolute atomic E-state index is 13.7. The summed E-state index contributed by atoms with van der Waals surface area (Å²) >= 11 is 12.2. The molecule has 1 spiro atoms. The number of carboxylic acid groups (broad SMARTS) is 1. The van der Waals surface area contributed by atoms with Crippen molar-refractivity contribution >= 4 is 46.9 Å². The van der Waals surface area contributed by atoms with Gasteiger partial charge in [-0.25, -0.2) is 0 Å². The van der Waals surface area contributed by atoms with Gasteiger partial charge in [0.1, 0.15) is 6.04 Å². The molecule has 1 heterocycles. The van der Waals surface area contributed by atoms with E-state index in [0.717, 1.165) is 18.4 Å². The lowest BCUT2D eigenvalue weighted by Gasteiger charge is -2.40. The molecule has 4 rings (SSSR count). The van der Waals surface area contributed by atoms with E-state index in [0.29, 0.717) is 35.0 Å². The van der Waals surface area contributed by atoms with E-state index in [1.807, 2.05) is 30.3 Å². The summed E-state index contributed by atoms with van der Waals surface area (Å²) in [6.45, 7) is 1.25. The molecule has 2 fully saturated rings. The molecule has 1 saturated heterocycles. The lowest BCUT2D eigenvalue weighted by molar-refractivity contribution is -0.137. The first-order chi connectivity index (χ1) is 19.6. The van der Waals surface area contributed by atoms with Gasteiger partial charge in [0.25, 0.3) is 5.91 Å². The number of halogens is 2. The Bertz CT molecular complexity index is 1220. The Morgan fingerprint density at radius 3 is 2.15 bits per heavy atom. The van der Waals surface area contributed by atoms with Crippen LogP contribution in [0, 0.1) is 5.41 Å². The molecule has 2 aliphatic rings. The van der Waals surface area contributed by atoms with Crippen LogP contribution >= 0.6 is 23.2 Å². The van der Waals surface area contributed by atoms with Gasteiger partial charge in [0.15, 0.2) is 0 Å². The fraction of sp³-hybridized carbons (Fsp3) is 0.484. The Hall–Kier alpha value is -3.10. The third-order valence-electron chi connectivity index (χ3n) is 8.30. The van der Waals surface area contributed by atoms with Crippen molar-refractivity contribution in [3.8, 4) is 0 Å². The number of carbonyl (C=O) groups excluding carboxylic acids is 3. The first-order valence-corrected chi connectivity index (χ1v) is 15.0. The minimum absolute atomic E-state index is 0.0598. The predicted octanol–water partition coefficient (Wildman–Crippen LogP) is 5.26. The largest absolute Gasteiger partial charge is 0.481 e. The smallest absolute Gasteiger partial charge is 0.305 e. The summed E-state index contributed by atoms with van der Waals surface area (Å²) in [5.41, 5.74) is 1.45. The zero-order chi connectivity index (χ0) is 29.4. The number of likely N-dealkylation sites (tertiary alicyclic amines) is 1. The number of piperidine rings is 1. The third kappa shape index (κ3) is 8.94. The maximum atomic E-state index is 13.7. The molecule has 2 atom stereocenters. The van der Waals surface area contributed by atoms with Crippen LogP contribution in [0.4, 0.5) is 0 Å². The Labute approximate surface area is 250 Å². The highest BCUT2D eigenvalue weighted by Crippen LogP contribution is 2.46. The van der Waals surface area contributed by atoms with Gasteiger partial charge in [0.2, 0.25) is 11.8 Å². The van der Waals surface area contributed by atoms with Crippen LogP contribution in [0.15, 0.2) is 48.5 Å². The summed E-state index contributed by atoms with van der Waals surface area (Å²) in [4.78, 5) is 53.0. The van der Waals surface area contributed by atoms with Crippen LogP contribution in [0.1, 0.15) is 73.7 Å². The number of hydrogen-bond donors (Lipinski definition) is 3. The van der Waals surface area contributed by atoms with Gasteiger partial charge in [0, 0.05) is 41.2 Å². The van der Waals surface area contributed by atoms with Gasteiger partial charge in [-0.15, -0.1) is 0 Å². The standard InChI is InChI=1S/C31H37Cl2N3O5/c32-23-17-22(18-24(33)19-23)29(40)35-26(30(41)36-14-12-31(13-15-36)10-4-5-11-31)8-9-27(37)34-25(20-28(38)39)16-21-6-2-1-3-7-21/h1-3,6-7,17-19,25-26H,4-5,8-16,20H2,(H,34,37)(H,35,40)(H,38,39)/t25-,26+/m0/s1. The molecule has 10 heteroatoms. The van der Waals surface area contributed by atoms with Gasteiger partial charge in [0.05, 0.1) is 6.42 Å². The van der Waals surface area contributed by atoms with Gasteiger partial charge < -0.3 is 20.6 Å². The fourth-order valence-corrected chi connectivity index (χ4v) is 6.62. The van der Waals surface area contributed by atoms with E-state index in [1.165, 1.54) is 43.9 Å². The van der Waals surface area contributed by atoms with Gasteiger partial charge in [-0.05, 0) is 67.7 Å². The van der Waals surface area contributed by atoms with Crippen LogP contribution in [-0.4, -0.2) is 58.9 Å². The average molecular weight is 603 g/mol. The highest BCUT2D eigenvalue weighted by atomic mass is 35.5. The molecule has 1 aliphatic heterocycles. The van der Waals surface area contributed by atoms with E-state index in [9.17, 15) is 24.3 Å². The minimum atomic E-state index is -1.02. The fourth-order valence-electron chi connectivity index (χ4n) is 6.09. The molecule has 0 radical (unpaired) electrons. The molecule has 3 amide bonds. The van der Waals surface area contributed by atoms with Crippen molar-refractivity contribution in [1.82, 2.24) is 15.5 Å². The van der Waals surface area contributed by atoms with E-state index in [4.69, 9.17) is 23.2 Å². The van der Waals surface area contributed by atoms with Crippen molar-refractivity contribution in [3.63, 3.8) is 0 Å². The zero-order valence-electron chi connectivity index (χ0n) is 23.0. The monoisotopic (exact) mass is 601 g/mol. The van der Waals surface area contributed by atoms with E-state index in [2.05, 4.69) is 10.6 Å². The summed E-state index contributed by atoms with van der Waals surface area (Å²) in [5, 5.41) is 15.6. The number of aliphatic carboxylic acids is 1. The first kappa shape index (κ1) is 30.8. The van der Waals surface area contributed by atoms with Crippen LogP contribution in [0.5, 0.6) is 0 Å². The Morgan fingerprint density at radius 1 is 0.902 bits per heavy atom. The Kier molecular flexibility index (Phi) is 10.7. The van der Waals surface area contributed by atoms with Crippen molar-refractivity contribution in [1.29, 1.82) is 0 Å². The molecular weight excluding hydrogens is 565 g/mol. The molecule has 3 N–H and O–H groups in total. The normalized spacial score (nSPS) is 17.6. The van der Waals surface area contributed by atoms with Crippen molar-refractivity contribution in [2.24, 2.45) is 5.41 Å². The molecule has 0 bridgehead atoms. The zero-order valence-corrected chi connectivity index (χ0v) is 24.6. The molecule has 0 unspecified atom stereocenters. The topological polar surface area (TPSA) is 116 Å². The van der Waals surface area contributed by atoms with Crippen molar-refractivity contribution in [3.05, 3.63) is 69.7 Å².